The van der Waals surface area contributed by atoms with E-state index in [1.807, 2.05) is 43.3 Å². The minimum absolute atomic E-state index is 0. The van der Waals surface area contributed by atoms with Gasteiger partial charge in [0.25, 0.3) is 0 Å². The molecule has 3 N–H and O–H groups in total. The van der Waals surface area contributed by atoms with Crippen LogP contribution in [-0.4, -0.2) is 26.0 Å². The maximum atomic E-state index is 12.2. The van der Waals surface area contributed by atoms with Crippen molar-refractivity contribution in [3.05, 3.63) is 24.3 Å². The molecule has 0 aliphatic heterocycles. The first-order valence-corrected chi connectivity index (χ1v) is 7.39. The summed E-state index contributed by atoms with van der Waals surface area (Å²) in [6.45, 7) is 0. The molecule has 1 aliphatic carbocycles. The highest BCUT2D eigenvalue weighted by atomic mass is 35.5. The number of hydrogen-bond acceptors (Lipinski definition) is 3. The summed E-state index contributed by atoms with van der Waals surface area (Å²) in [6, 6.07) is 8.03. The molecule has 2 unspecified atom stereocenters. The number of hydrogen-bond donors (Lipinski definition) is 2. The third-order valence-corrected chi connectivity index (χ3v) is 4.08. The largest absolute Gasteiger partial charge is 0.376 e. The van der Waals surface area contributed by atoms with Crippen molar-refractivity contribution in [1.29, 1.82) is 0 Å². The normalized spacial score (nSPS) is 20.3. The molecular weight excluding hydrogens is 321 g/mol. The first-order chi connectivity index (χ1) is 9.58. The number of rotatable bonds is 4. The van der Waals surface area contributed by atoms with Crippen molar-refractivity contribution in [2.45, 2.75) is 38.1 Å². The van der Waals surface area contributed by atoms with E-state index in [1.165, 1.54) is 12.8 Å². The van der Waals surface area contributed by atoms with Gasteiger partial charge in [-0.15, -0.1) is 24.8 Å². The van der Waals surface area contributed by atoms with E-state index < -0.39 is 0 Å². The van der Waals surface area contributed by atoms with E-state index in [0.29, 0.717) is 12.3 Å². The number of para-hydroxylation sites is 2. The van der Waals surface area contributed by atoms with Crippen LogP contribution in [0.1, 0.15) is 32.1 Å². The zero-order chi connectivity index (χ0) is 14.5. The molecule has 0 radical (unpaired) electrons. The molecule has 1 aromatic carbocycles. The third-order valence-electron chi connectivity index (χ3n) is 4.08. The number of carbonyl (C=O) groups excluding carboxylic acids is 1. The molecule has 1 saturated carbocycles. The lowest BCUT2D eigenvalue weighted by Crippen LogP contribution is -2.35. The van der Waals surface area contributed by atoms with Crippen LogP contribution >= 0.6 is 24.8 Å². The predicted molar refractivity (Wildman–Crippen MR) is 98.4 cm³/mol. The summed E-state index contributed by atoms with van der Waals surface area (Å²) in [4.78, 5) is 14.2. The molecule has 0 spiro atoms. The monoisotopic (exact) mass is 347 g/mol. The molecule has 0 aromatic heterocycles. The minimum atomic E-state index is 0. The Bertz CT molecular complexity index is 468. The second kappa shape index (κ2) is 9.93. The van der Waals surface area contributed by atoms with Crippen LogP contribution in [0.4, 0.5) is 11.4 Å². The summed E-state index contributed by atoms with van der Waals surface area (Å²) in [5.41, 5.74) is 8.00. The van der Waals surface area contributed by atoms with Gasteiger partial charge >= 0.3 is 0 Å². The summed E-state index contributed by atoms with van der Waals surface area (Å²) in [5, 5.41) is 3.02. The van der Waals surface area contributed by atoms with Crippen molar-refractivity contribution in [2.24, 2.45) is 11.7 Å². The van der Waals surface area contributed by atoms with Gasteiger partial charge in [-0.3, -0.25) is 4.79 Å². The summed E-state index contributed by atoms with van der Waals surface area (Å²) >= 11 is 0. The predicted octanol–water partition coefficient (Wildman–Crippen LogP) is 3.44. The smallest absolute Gasteiger partial charge is 0.224 e. The Kier molecular flexibility index (Phi) is 9.49. The van der Waals surface area contributed by atoms with E-state index in [2.05, 4.69) is 5.32 Å². The summed E-state index contributed by atoms with van der Waals surface area (Å²) in [5.74, 6) is 0.400. The summed E-state index contributed by atoms with van der Waals surface area (Å²) in [6.07, 6.45) is 5.04. The fraction of sp³-hybridized carbons (Fsp3) is 0.562. The number of nitrogens with zero attached hydrogens (tertiary/aromatic N) is 1. The molecule has 0 heterocycles. The Balaban J connectivity index is 0.00000220. The van der Waals surface area contributed by atoms with Crippen LogP contribution in [0.3, 0.4) is 0 Å². The van der Waals surface area contributed by atoms with E-state index in [1.54, 1.807) is 0 Å². The molecule has 6 heteroatoms. The molecular formula is C16H27Cl2N3O. The molecule has 1 aliphatic rings. The number of amides is 1. The van der Waals surface area contributed by atoms with Gasteiger partial charge in [-0.05, 0) is 30.9 Å². The third kappa shape index (κ3) is 5.67. The van der Waals surface area contributed by atoms with Crippen molar-refractivity contribution in [1.82, 2.24) is 0 Å². The molecule has 0 bridgehead atoms. The van der Waals surface area contributed by atoms with Crippen LogP contribution in [0.5, 0.6) is 0 Å². The zero-order valence-electron chi connectivity index (χ0n) is 13.2. The Hall–Kier alpha value is -0.970. The number of carbonyl (C=O) groups is 1. The number of benzene rings is 1. The van der Waals surface area contributed by atoms with Gasteiger partial charge in [-0.1, -0.05) is 25.0 Å². The maximum absolute atomic E-state index is 12.2. The molecule has 22 heavy (non-hydrogen) atoms. The van der Waals surface area contributed by atoms with Crippen LogP contribution in [0, 0.1) is 5.92 Å². The number of nitrogens with one attached hydrogen (secondary N) is 1. The van der Waals surface area contributed by atoms with Gasteiger partial charge in [0.1, 0.15) is 0 Å². The second-order valence-electron chi connectivity index (χ2n) is 5.87. The minimum Gasteiger partial charge on any atom is -0.376 e. The number of anilines is 2. The van der Waals surface area contributed by atoms with Crippen molar-refractivity contribution in [2.75, 3.05) is 24.3 Å². The summed E-state index contributed by atoms with van der Waals surface area (Å²) < 4.78 is 0. The highest BCUT2D eigenvalue weighted by Gasteiger charge is 2.24. The van der Waals surface area contributed by atoms with Crippen LogP contribution < -0.4 is 16.0 Å². The van der Waals surface area contributed by atoms with E-state index >= 15 is 0 Å². The Labute approximate surface area is 145 Å². The van der Waals surface area contributed by atoms with Crippen molar-refractivity contribution < 1.29 is 4.79 Å². The van der Waals surface area contributed by atoms with Gasteiger partial charge in [0.05, 0.1) is 11.4 Å². The van der Waals surface area contributed by atoms with Crippen molar-refractivity contribution in [3.8, 4) is 0 Å². The lowest BCUT2D eigenvalue weighted by Gasteiger charge is -2.28. The van der Waals surface area contributed by atoms with E-state index in [-0.39, 0.29) is 36.8 Å². The number of halogens is 2. The molecule has 2 rings (SSSR count). The standard InChI is InChI=1S/C16H25N3O.2ClH/c1-19(2)15-10-6-5-9-14(15)18-16(20)11-12-7-3-4-8-13(12)17;;/h5-6,9-10,12-13H,3-4,7-8,11,17H2,1-2H3,(H,18,20);2*1H. The topological polar surface area (TPSA) is 58.4 Å². The zero-order valence-corrected chi connectivity index (χ0v) is 14.9. The van der Waals surface area contributed by atoms with Crippen LogP contribution in [0.15, 0.2) is 24.3 Å². The molecule has 1 amide bonds. The fourth-order valence-corrected chi connectivity index (χ4v) is 2.90. The van der Waals surface area contributed by atoms with E-state index in [9.17, 15) is 4.79 Å². The average molecular weight is 348 g/mol. The van der Waals surface area contributed by atoms with Crippen molar-refractivity contribution >= 4 is 42.1 Å². The first-order valence-electron chi connectivity index (χ1n) is 7.39. The van der Waals surface area contributed by atoms with Crippen molar-refractivity contribution in [3.63, 3.8) is 0 Å². The van der Waals surface area contributed by atoms with Crippen LogP contribution in [0.25, 0.3) is 0 Å². The molecule has 1 fully saturated rings. The average Bonchev–Trinajstić information content (AvgIpc) is 2.41. The molecule has 4 nitrogen and oxygen atoms in total. The molecule has 2 atom stereocenters. The highest BCUT2D eigenvalue weighted by Crippen LogP contribution is 2.27. The molecule has 1 aromatic rings. The Morgan fingerprint density at radius 3 is 2.50 bits per heavy atom. The van der Waals surface area contributed by atoms with Gasteiger partial charge in [-0.2, -0.15) is 0 Å². The fourth-order valence-electron chi connectivity index (χ4n) is 2.90. The van der Waals surface area contributed by atoms with Gasteiger partial charge in [0.15, 0.2) is 0 Å². The van der Waals surface area contributed by atoms with Gasteiger partial charge in [0, 0.05) is 26.6 Å². The second-order valence-corrected chi connectivity index (χ2v) is 5.87. The Morgan fingerprint density at radius 1 is 1.23 bits per heavy atom. The first kappa shape index (κ1) is 21.0. The molecule has 0 saturated heterocycles. The molecule has 126 valence electrons. The van der Waals surface area contributed by atoms with Crippen LogP contribution in [-0.2, 0) is 4.79 Å². The van der Waals surface area contributed by atoms with Gasteiger partial charge in [-0.25, -0.2) is 0 Å². The van der Waals surface area contributed by atoms with Crippen LogP contribution in [0.2, 0.25) is 0 Å². The lowest BCUT2D eigenvalue weighted by atomic mass is 9.83. The van der Waals surface area contributed by atoms with Gasteiger partial charge < -0.3 is 16.0 Å². The summed E-state index contributed by atoms with van der Waals surface area (Å²) in [7, 11) is 3.95. The maximum Gasteiger partial charge on any atom is 0.224 e. The highest BCUT2D eigenvalue weighted by molar-refractivity contribution is 5.94. The Morgan fingerprint density at radius 2 is 1.86 bits per heavy atom. The van der Waals surface area contributed by atoms with E-state index in [4.69, 9.17) is 5.73 Å². The number of nitrogens with two attached hydrogens (primary N) is 1. The SMILES string of the molecule is CN(C)c1ccccc1NC(=O)CC1CCCCC1N.Cl.Cl. The quantitative estimate of drug-likeness (QED) is 0.876. The van der Waals surface area contributed by atoms with E-state index in [0.717, 1.165) is 24.2 Å². The van der Waals surface area contributed by atoms with Gasteiger partial charge in [0.2, 0.25) is 5.91 Å². The lowest BCUT2D eigenvalue weighted by molar-refractivity contribution is -0.117.